The Labute approximate surface area is 92.7 Å². The molecule has 0 bridgehead atoms. The van der Waals surface area contributed by atoms with Crippen molar-refractivity contribution in [1.29, 1.82) is 0 Å². The van der Waals surface area contributed by atoms with E-state index in [1.165, 1.54) is 6.08 Å². The highest BCUT2D eigenvalue weighted by Gasteiger charge is 2.11. The molecule has 0 saturated heterocycles. The van der Waals surface area contributed by atoms with E-state index in [2.05, 4.69) is 5.32 Å². The molecule has 86 valence electrons. The molecule has 0 spiro atoms. The molecule has 1 aromatic rings. The van der Waals surface area contributed by atoms with Crippen LogP contribution < -0.4 is 5.32 Å². The lowest BCUT2D eigenvalue weighted by Crippen LogP contribution is -2.03. The first-order valence-corrected chi connectivity index (χ1v) is 4.66. The number of hydrogen-bond acceptors (Lipinski definition) is 4. The molecular weight excluding hydrogens is 210 g/mol. The topological polar surface area (TPSA) is 89.8 Å². The fourth-order valence-electron chi connectivity index (χ4n) is 1.21. The zero-order valence-corrected chi connectivity index (χ0v) is 8.77. The van der Waals surface area contributed by atoms with Crippen molar-refractivity contribution >= 4 is 12.0 Å². The molecule has 0 saturated carbocycles. The van der Waals surface area contributed by atoms with Crippen LogP contribution >= 0.6 is 0 Å². The van der Waals surface area contributed by atoms with Crippen molar-refractivity contribution in [3.05, 3.63) is 29.3 Å². The highest BCUT2D eigenvalue weighted by Crippen LogP contribution is 2.29. The normalized spacial score (nSPS) is 10.8. The van der Waals surface area contributed by atoms with Crippen LogP contribution in [-0.4, -0.2) is 34.9 Å². The van der Waals surface area contributed by atoms with E-state index in [0.717, 1.165) is 12.1 Å². The van der Waals surface area contributed by atoms with Crippen molar-refractivity contribution in [2.45, 2.75) is 0 Å². The molecule has 0 fully saturated rings. The average Bonchev–Trinajstić information content (AvgIpc) is 2.21. The summed E-state index contributed by atoms with van der Waals surface area (Å²) in [6.45, 7) is 0.583. The minimum atomic E-state index is -1.20. The molecule has 5 nitrogen and oxygen atoms in total. The van der Waals surface area contributed by atoms with Gasteiger partial charge in [-0.15, -0.1) is 0 Å². The van der Waals surface area contributed by atoms with Gasteiger partial charge in [-0.3, -0.25) is 0 Å². The Kier molecular flexibility index (Phi) is 3.90. The second-order valence-corrected chi connectivity index (χ2v) is 3.19. The van der Waals surface area contributed by atoms with Crippen LogP contribution in [0.4, 0.5) is 0 Å². The number of carboxylic acids is 1. The molecule has 5 heteroatoms. The highest BCUT2D eigenvalue weighted by molar-refractivity contribution is 5.89. The Balaban J connectivity index is 3.07. The van der Waals surface area contributed by atoms with E-state index in [1.54, 1.807) is 13.1 Å². The van der Waals surface area contributed by atoms with Gasteiger partial charge in [-0.25, -0.2) is 4.79 Å². The Hall–Kier alpha value is -2.01. The number of benzene rings is 1. The smallest absolute Gasteiger partial charge is 0.335 e. The van der Waals surface area contributed by atoms with Gasteiger partial charge in [-0.2, -0.15) is 0 Å². The summed E-state index contributed by atoms with van der Waals surface area (Å²) < 4.78 is 0. The van der Waals surface area contributed by atoms with E-state index in [1.807, 2.05) is 0 Å². The van der Waals surface area contributed by atoms with Crippen LogP contribution in [0.2, 0.25) is 0 Å². The first-order valence-electron chi connectivity index (χ1n) is 4.66. The van der Waals surface area contributed by atoms with Crippen LogP contribution in [0.1, 0.15) is 15.9 Å². The van der Waals surface area contributed by atoms with Crippen molar-refractivity contribution in [3.8, 4) is 11.5 Å². The molecule has 0 atom stereocenters. The van der Waals surface area contributed by atoms with Gasteiger partial charge in [-0.1, -0.05) is 12.2 Å². The van der Waals surface area contributed by atoms with Gasteiger partial charge in [0.25, 0.3) is 0 Å². The number of carboxylic acid groups (broad SMARTS) is 1. The Morgan fingerprint density at radius 3 is 2.38 bits per heavy atom. The third-order valence-electron chi connectivity index (χ3n) is 1.99. The fourth-order valence-corrected chi connectivity index (χ4v) is 1.21. The van der Waals surface area contributed by atoms with Crippen LogP contribution in [0.15, 0.2) is 18.2 Å². The molecule has 0 aliphatic heterocycles. The minimum Gasteiger partial charge on any atom is -0.507 e. The summed E-state index contributed by atoms with van der Waals surface area (Å²) in [5.41, 5.74) is 0.0565. The molecule has 0 aliphatic carbocycles. The Bertz CT molecular complexity index is 403. The van der Waals surface area contributed by atoms with Crippen molar-refractivity contribution in [2.75, 3.05) is 13.6 Å². The van der Waals surface area contributed by atoms with Gasteiger partial charge < -0.3 is 20.6 Å². The van der Waals surface area contributed by atoms with Gasteiger partial charge in [0.15, 0.2) is 0 Å². The lowest BCUT2D eigenvalue weighted by atomic mass is 10.1. The van der Waals surface area contributed by atoms with Crippen LogP contribution in [-0.2, 0) is 0 Å². The Morgan fingerprint density at radius 1 is 1.38 bits per heavy atom. The van der Waals surface area contributed by atoms with E-state index < -0.39 is 5.97 Å². The summed E-state index contributed by atoms with van der Waals surface area (Å²) in [6.07, 6.45) is 3.22. The number of hydrogen-bond donors (Lipinski definition) is 4. The molecule has 0 unspecified atom stereocenters. The van der Waals surface area contributed by atoms with E-state index in [-0.39, 0.29) is 22.6 Å². The maximum absolute atomic E-state index is 10.6. The fraction of sp³-hybridized carbons (Fsp3) is 0.182. The highest BCUT2D eigenvalue weighted by atomic mass is 16.4. The number of phenolic OH excluding ortho intramolecular Hbond substituents is 2. The van der Waals surface area contributed by atoms with Crippen LogP contribution in [0.3, 0.4) is 0 Å². The molecular formula is C11H13NO4. The number of phenols is 2. The summed E-state index contributed by atoms with van der Waals surface area (Å²) in [7, 11) is 1.76. The lowest BCUT2D eigenvalue weighted by Gasteiger charge is -2.04. The lowest BCUT2D eigenvalue weighted by molar-refractivity contribution is 0.0696. The summed E-state index contributed by atoms with van der Waals surface area (Å²) in [5, 5.41) is 30.6. The molecule has 0 heterocycles. The summed E-state index contributed by atoms with van der Waals surface area (Å²) >= 11 is 0. The van der Waals surface area contributed by atoms with Crippen LogP contribution in [0, 0.1) is 0 Å². The number of carbonyl (C=O) groups is 1. The maximum atomic E-state index is 10.6. The molecule has 4 N–H and O–H groups in total. The molecule has 0 radical (unpaired) electrons. The zero-order valence-electron chi connectivity index (χ0n) is 8.77. The maximum Gasteiger partial charge on any atom is 0.335 e. The van der Waals surface area contributed by atoms with E-state index in [0.29, 0.717) is 6.54 Å². The number of likely N-dealkylation sites (N-methyl/N-ethyl adjacent to an activating group) is 1. The Morgan fingerprint density at radius 2 is 1.94 bits per heavy atom. The first-order chi connectivity index (χ1) is 7.56. The molecule has 16 heavy (non-hydrogen) atoms. The monoisotopic (exact) mass is 223 g/mol. The van der Waals surface area contributed by atoms with E-state index in [4.69, 9.17) is 5.11 Å². The third kappa shape index (κ3) is 2.74. The van der Waals surface area contributed by atoms with Crippen LogP contribution in [0.25, 0.3) is 6.08 Å². The predicted octanol–water partition coefficient (Wildman–Crippen LogP) is 1.03. The number of rotatable bonds is 4. The van der Waals surface area contributed by atoms with Gasteiger partial charge in [0.05, 0.1) is 11.1 Å². The van der Waals surface area contributed by atoms with Crippen LogP contribution in [0.5, 0.6) is 11.5 Å². The first kappa shape index (κ1) is 12.1. The molecule has 0 aliphatic rings. The molecule has 0 aromatic heterocycles. The van der Waals surface area contributed by atoms with Crippen molar-refractivity contribution in [3.63, 3.8) is 0 Å². The predicted molar refractivity (Wildman–Crippen MR) is 59.7 cm³/mol. The number of aromatic carboxylic acids is 1. The van der Waals surface area contributed by atoms with Gasteiger partial charge in [-0.05, 0) is 19.2 Å². The second kappa shape index (κ2) is 5.18. The van der Waals surface area contributed by atoms with Gasteiger partial charge in [0.2, 0.25) is 0 Å². The average molecular weight is 223 g/mol. The summed E-state index contributed by atoms with van der Waals surface area (Å²) in [6, 6.07) is 2.20. The van der Waals surface area contributed by atoms with Gasteiger partial charge >= 0.3 is 5.97 Å². The molecule has 1 aromatic carbocycles. The zero-order chi connectivity index (χ0) is 12.1. The number of nitrogens with one attached hydrogen (secondary N) is 1. The quantitative estimate of drug-likeness (QED) is 0.612. The van der Waals surface area contributed by atoms with Crippen molar-refractivity contribution in [2.24, 2.45) is 0 Å². The molecule has 1 rings (SSSR count). The van der Waals surface area contributed by atoms with Crippen molar-refractivity contribution in [1.82, 2.24) is 5.32 Å². The second-order valence-electron chi connectivity index (χ2n) is 3.19. The van der Waals surface area contributed by atoms with Gasteiger partial charge in [0.1, 0.15) is 11.5 Å². The third-order valence-corrected chi connectivity index (χ3v) is 1.99. The summed E-state index contributed by atoms with van der Waals surface area (Å²) in [5.74, 6) is -1.72. The van der Waals surface area contributed by atoms with Gasteiger partial charge in [0, 0.05) is 6.54 Å². The minimum absolute atomic E-state index is 0.152. The summed E-state index contributed by atoms with van der Waals surface area (Å²) in [4.78, 5) is 10.6. The van der Waals surface area contributed by atoms with Crippen molar-refractivity contribution < 1.29 is 20.1 Å². The van der Waals surface area contributed by atoms with E-state index in [9.17, 15) is 15.0 Å². The SMILES string of the molecule is CNCC=Cc1c(O)cc(C(=O)O)cc1O. The molecule has 0 amide bonds. The van der Waals surface area contributed by atoms with E-state index >= 15 is 0 Å². The largest absolute Gasteiger partial charge is 0.507 e. The number of aromatic hydroxyl groups is 2. The standard InChI is InChI=1S/C11H13NO4/c1-12-4-2-3-8-9(13)5-7(11(15)16)6-10(8)14/h2-3,5-6,12-14H,4H2,1H3,(H,15,16).